The Morgan fingerprint density at radius 3 is 2.50 bits per heavy atom. The van der Waals surface area contributed by atoms with Gasteiger partial charge in [0.1, 0.15) is 5.60 Å². The normalized spacial score (nSPS) is 20.6. The van der Waals surface area contributed by atoms with E-state index >= 15 is 0 Å². The van der Waals surface area contributed by atoms with Crippen LogP contribution >= 0.6 is 27.5 Å². The van der Waals surface area contributed by atoms with Crippen molar-refractivity contribution < 1.29 is 9.53 Å². The van der Waals surface area contributed by atoms with E-state index in [-0.39, 0.29) is 11.6 Å². The average molecular weight is 444 g/mol. The molecule has 0 bridgehead atoms. The van der Waals surface area contributed by atoms with Gasteiger partial charge < -0.3 is 9.64 Å². The van der Waals surface area contributed by atoms with E-state index in [1.54, 1.807) is 0 Å². The molecule has 1 amide bonds. The van der Waals surface area contributed by atoms with Crippen molar-refractivity contribution in [2.45, 2.75) is 64.1 Å². The minimum Gasteiger partial charge on any atom is -0.444 e. The van der Waals surface area contributed by atoms with E-state index in [9.17, 15) is 4.79 Å². The van der Waals surface area contributed by atoms with Crippen molar-refractivity contribution in [2.24, 2.45) is 0 Å². The Hall–Kier alpha value is -0.780. The van der Waals surface area contributed by atoms with Crippen LogP contribution in [0.3, 0.4) is 0 Å². The van der Waals surface area contributed by atoms with Gasteiger partial charge in [-0.3, -0.25) is 4.90 Å². The van der Waals surface area contributed by atoms with Gasteiger partial charge in [0.05, 0.1) is 0 Å². The van der Waals surface area contributed by atoms with Crippen LogP contribution in [0, 0.1) is 0 Å². The number of ether oxygens (including phenoxy) is 1. The van der Waals surface area contributed by atoms with E-state index in [1.165, 1.54) is 18.4 Å². The number of carbonyl (C=O) groups is 1. The largest absolute Gasteiger partial charge is 0.444 e. The number of hydrogen-bond donors (Lipinski definition) is 0. The van der Waals surface area contributed by atoms with E-state index in [4.69, 9.17) is 16.3 Å². The number of piperidine rings is 1. The lowest BCUT2D eigenvalue weighted by atomic mass is 9.85. The van der Waals surface area contributed by atoms with Crippen LogP contribution in [0.25, 0.3) is 0 Å². The number of benzene rings is 1. The molecule has 0 aromatic heterocycles. The van der Waals surface area contributed by atoms with Crippen molar-refractivity contribution in [1.29, 1.82) is 0 Å². The maximum absolute atomic E-state index is 12.3. The quantitative estimate of drug-likeness (QED) is 0.608. The maximum Gasteiger partial charge on any atom is 0.410 e. The first-order chi connectivity index (χ1) is 12.2. The van der Waals surface area contributed by atoms with Gasteiger partial charge >= 0.3 is 6.09 Å². The minimum atomic E-state index is -0.439. The summed E-state index contributed by atoms with van der Waals surface area (Å²) < 4.78 is 6.55. The molecule has 2 heterocycles. The highest BCUT2D eigenvalue weighted by molar-refractivity contribution is 9.10. The van der Waals surface area contributed by atoms with Gasteiger partial charge in [-0.1, -0.05) is 27.5 Å². The summed E-state index contributed by atoms with van der Waals surface area (Å²) in [6.07, 6.45) is 4.25. The van der Waals surface area contributed by atoms with Gasteiger partial charge in [0, 0.05) is 34.7 Å². The Morgan fingerprint density at radius 2 is 1.88 bits per heavy atom. The molecule has 6 heteroatoms. The second kappa shape index (κ2) is 7.69. The molecule has 4 nitrogen and oxygen atoms in total. The summed E-state index contributed by atoms with van der Waals surface area (Å²) in [6, 6.07) is 6.12. The van der Waals surface area contributed by atoms with Gasteiger partial charge in [-0.2, -0.15) is 0 Å². The molecule has 3 rings (SSSR count). The van der Waals surface area contributed by atoms with Crippen molar-refractivity contribution in [2.75, 3.05) is 19.6 Å². The highest BCUT2D eigenvalue weighted by Crippen LogP contribution is 2.40. The molecule has 0 unspecified atom stereocenters. The minimum absolute atomic E-state index is 0.185. The molecule has 0 saturated carbocycles. The predicted molar refractivity (Wildman–Crippen MR) is 109 cm³/mol. The van der Waals surface area contributed by atoms with Crippen LogP contribution in [-0.2, 0) is 11.3 Å². The van der Waals surface area contributed by atoms with Crippen LogP contribution in [0.1, 0.15) is 52.0 Å². The molecule has 0 aliphatic carbocycles. The zero-order valence-corrected chi connectivity index (χ0v) is 18.2. The van der Waals surface area contributed by atoms with Gasteiger partial charge in [-0.25, -0.2) is 4.79 Å². The first kappa shape index (κ1) is 20.0. The number of carbonyl (C=O) groups excluding carboxylic acids is 1. The fraction of sp³-hybridized carbons (Fsp3) is 0.650. The van der Waals surface area contributed by atoms with Gasteiger partial charge in [0.15, 0.2) is 0 Å². The smallest absolute Gasteiger partial charge is 0.410 e. The van der Waals surface area contributed by atoms with Gasteiger partial charge in [0.25, 0.3) is 0 Å². The van der Waals surface area contributed by atoms with E-state index in [1.807, 2.05) is 37.8 Å². The molecular formula is C20H28BrClN2O2. The van der Waals surface area contributed by atoms with Gasteiger partial charge in [0.2, 0.25) is 0 Å². The SMILES string of the molecule is CC(C)(C)OC(=O)N1CCC2(CCCN2Cc2cc(Cl)cc(Br)c2)CC1. The molecule has 1 spiro atoms. The van der Waals surface area contributed by atoms with Crippen molar-refractivity contribution in [3.8, 4) is 0 Å². The third-order valence-electron chi connectivity index (χ3n) is 5.38. The molecule has 1 aromatic rings. The molecule has 0 radical (unpaired) electrons. The number of nitrogens with zero attached hydrogens (tertiary/aromatic N) is 2. The predicted octanol–water partition coefficient (Wildman–Crippen LogP) is 5.47. The molecule has 2 aliphatic heterocycles. The first-order valence-electron chi connectivity index (χ1n) is 9.35. The molecule has 144 valence electrons. The summed E-state index contributed by atoms with van der Waals surface area (Å²) >= 11 is 9.75. The highest BCUT2D eigenvalue weighted by Gasteiger charge is 2.44. The van der Waals surface area contributed by atoms with Crippen LogP contribution < -0.4 is 0 Å². The van der Waals surface area contributed by atoms with E-state index in [0.717, 1.165) is 48.5 Å². The molecule has 26 heavy (non-hydrogen) atoms. The van der Waals surface area contributed by atoms with Gasteiger partial charge in [-0.15, -0.1) is 0 Å². The summed E-state index contributed by atoms with van der Waals surface area (Å²) in [5.41, 5.74) is 0.999. The molecule has 2 fully saturated rings. The summed E-state index contributed by atoms with van der Waals surface area (Å²) in [4.78, 5) is 16.8. The lowest BCUT2D eigenvalue weighted by Gasteiger charge is -2.45. The monoisotopic (exact) mass is 442 g/mol. The van der Waals surface area contributed by atoms with Crippen molar-refractivity contribution in [3.63, 3.8) is 0 Å². The lowest BCUT2D eigenvalue weighted by molar-refractivity contribution is 0.00165. The Bertz CT molecular complexity index is 646. The zero-order chi connectivity index (χ0) is 18.9. The molecule has 1 aromatic carbocycles. The van der Waals surface area contributed by atoms with E-state index in [2.05, 4.69) is 26.9 Å². The number of amides is 1. The topological polar surface area (TPSA) is 32.8 Å². The Labute approximate surface area is 169 Å². The zero-order valence-electron chi connectivity index (χ0n) is 15.9. The van der Waals surface area contributed by atoms with E-state index in [0.29, 0.717) is 0 Å². The summed E-state index contributed by atoms with van der Waals surface area (Å²) in [5, 5.41) is 0.766. The average Bonchev–Trinajstić information content (AvgIpc) is 2.87. The fourth-order valence-electron chi connectivity index (χ4n) is 4.16. The Morgan fingerprint density at radius 1 is 1.19 bits per heavy atom. The second-order valence-corrected chi connectivity index (χ2v) is 9.85. The number of rotatable bonds is 2. The highest BCUT2D eigenvalue weighted by atomic mass is 79.9. The Balaban J connectivity index is 1.64. The number of hydrogen-bond acceptors (Lipinski definition) is 3. The van der Waals surface area contributed by atoms with Gasteiger partial charge in [-0.05, 0) is 76.8 Å². The third kappa shape index (κ3) is 4.73. The summed E-state index contributed by atoms with van der Waals surface area (Å²) in [7, 11) is 0. The van der Waals surface area contributed by atoms with E-state index < -0.39 is 5.60 Å². The van der Waals surface area contributed by atoms with Crippen LogP contribution in [0.5, 0.6) is 0 Å². The van der Waals surface area contributed by atoms with Crippen LogP contribution in [0.15, 0.2) is 22.7 Å². The fourth-order valence-corrected chi connectivity index (χ4v) is 5.09. The van der Waals surface area contributed by atoms with Crippen molar-refractivity contribution in [3.05, 3.63) is 33.3 Å². The van der Waals surface area contributed by atoms with Crippen LogP contribution in [0.4, 0.5) is 4.79 Å². The first-order valence-corrected chi connectivity index (χ1v) is 10.5. The molecule has 0 N–H and O–H groups in total. The number of halogens is 2. The van der Waals surface area contributed by atoms with Crippen molar-refractivity contribution in [1.82, 2.24) is 9.80 Å². The number of likely N-dealkylation sites (tertiary alicyclic amines) is 2. The third-order valence-corrected chi connectivity index (χ3v) is 6.06. The molecule has 0 atom stereocenters. The molecular weight excluding hydrogens is 416 g/mol. The lowest BCUT2D eigenvalue weighted by Crippen LogP contribution is -2.53. The van der Waals surface area contributed by atoms with Crippen LogP contribution in [-0.4, -0.2) is 46.7 Å². The molecule has 2 aliphatic rings. The second-order valence-electron chi connectivity index (χ2n) is 8.49. The molecule has 2 saturated heterocycles. The Kier molecular flexibility index (Phi) is 5.90. The van der Waals surface area contributed by atoms with Crippen molar-refractivity contribution >= 4 is 33.6 Å². The summed E-state index contributed by atoms with van der Waals surface area (Å²) in [5.74, 6) is 0. The maximum atomic E-state index is 12.3. The van der Waals surface area contributed by atoms with Crippen LogP contribution in [0.2, 0.25) is 5.02 Å². The summed E-state index contributed by atoms with van der Waals surface area (Å²) in [6.45, 7) is 9.30. The standard InChI is InChI=1S/C20H28BrClN2O2/c1-19(2,3)26-18(25)23-9-6-20(7-10-23)5-4-8-24(20)14-15-11-16(21)13-17(22)12-15/h11-13H,4-10,14H2,1-3H3.